The Morgan fingerprint density at radius 2 is 2.00 bits per heavy atom. The van der Waals surface area contributed by atoms with E-state index in [9.17, 15) is 0 Å². The lowest BCUT2D eigenvalue weighted by Gasteiger charge is -2.19. The van der Waals surface area contributed by atoms with E-state index >= 15 is 0 Å². The molecule has 1 heterocycles. The molecule has 0 atom stereocenters. The van der Waals surface area contributed by atoms with E-state index in [0.717, 1.165) is 32.0 Å². The minimum Gasteiger partial charge on any atom is -0.371 e. The van der Waals surface area contributed by atoms with Crippen LogP contribution in [0.25, 0.3) is 0 Å². The number of hydrogen-bond acceptors (Lipinski definition) is 3. The first-order valence-corrected chi connectivity index (χ1v) is 9.10. The molecule has 0 aliphatic rings. The predicted octanol–water partition coefficient (Wildman–Crippen LogP) is 2.95. The van der Waals surface area contributed by atoms with Crippen LogP contribution < -0.4 is 10.6 Å². The summed E-state index contributed by atoms with van der Waals surface area (Å²) in [5.74, 6) is 0.807. The van der Waals surface area contributed by atoms with Gasteiger partial charge in [-0.15, -0.1) is 0 Å². The maximum absolute atomic E-state index is 5.85. The molecule has 2 aromatic rings. The molecule has 0 amide bonds. The molecule has 0 saturated heterocycles. The Labute approximate surface area is 156 Å². The van der Waals surface area contributed by atoms with Crippen LogP contribution in [-0.4, -0.2) is 34.9 Å². The Balaban J connectivity index is 1.73. The van der Waals surface area contributed by atoms with Crippen molar-refractivity contribution in [1.29, 1.82) is 0 Å². The molecule has 1 aromatic heterocycles. The minimum absolute atomic E-state index is 0.129. The smallest absolute Gasteiger partial charge is 0.191 e. The third-order valence-electron chi connectivity index (χ3n) is 3.76. The quantitative estimate of drug-likeness (QED) is 0.433. The summed E-state index contributed by atoms with van der Waals surface area (Å²) in [4.78, 5) is 4.28. The van der Waals surface area contributed by atoms with E-state index in [1.165, 1.54) is 11.1 Å². The fraction of sp³-hybridized carbons (Fsp3) is 0.500. The molecule has 142 valence electrons. The second-order valence-electron chi connectivity index (χ2n) is 7.20. The standard InChI is InChI=1S/C20H31N5O/c1-20(2,3)26-16-18-9-5-8-17(14-18)15-23-19(21-4)22-10-6-12-25-13-7-11-24-25/h5,7-9,11,13-14H,6,10,12,15-16H2,1-4H3,(H2,21,22,23). The van der Waals surface area contributed by atoms with Gasteiger partial charge in [0.05, 0.1) is 12.2 Å². The molecular formula is C20H31N5O. The van der Waals surface area contributed by atoms with Crippen molar-refractivity contribution >= 4 is 5.96 Å². The Morgan fingerprint density at radius 3 is 2.69 bits per heavy atom. The number of guanidine groups is 1. The number of aryl methyl sites for hydroxylation is 1. The molecule has 0 bridgehead atoms. The minimum atomic E-state index is -0.129. The van der Waals surface area contributed by atoms with Gasteiger partial charge in [0, 0.05) is 39.1 Å². The van der Waals surface area contributed by atoms with Crippen molar-refractivity contribution in [2.24, 2.45) is 4.99 Å². The van der Waals surface area contributed by atoms with Crippen LogP contribution in [0.2, 0.25) is 0 Å². The van der Waals surface area contributed by atoms with Gasteiger partial charge in [0.25, 0.3) is 0 Å². The van der Waals surface area contributed by atoms with Gasteiger partial charge in [-0.1, -0.05) is 24.3 Å². The summed E-state index contributed by atoms with van der Waals surface area (Å²) in [7, 11) is 1.79. The lowest BCUT2D eigenvalue weighted by molar-refractivity contribution is -0.0149. The van der Waals surface area contributed by atoms with Crippen molar-refractivity contribution in [2.45, 2.75) is 52.5 Å². The summed E-state index contributed by atoms with van der Waals surface area (Å²) >= 11 is 0. The largest absolute Gasteiger partial charge is 0.371 e. The molecule has 0 aliphatic carbocycles. The fourth-order valence-corrected chi connectivity index (χ4v) is 2.42. The average molecular weight is 358 g/mol. The lowest BCUT2D eigenvalue weighted by Crippen LogP contribution is -2.37. The first kappa shape index (κ1) is 20.0. The third kappa shape index (κ3) is 7.70. The van der Waals surface area contributed by atoms with E-state index in [-0.39, 0.29) is 5.60 Å². The summed E-state index contributed by atoms with van der Waals surface area (Å²) in [5, 5.41) is 10.9. The Hall–Kier alpha value is -2.34. The molecular weight excluding hydrogens is 326 g/mol. The number of nitrogens with one attached hydrogen (secondary N) is 2. The van der Waals surface area contributed by atoms with Crippen LogP contribution >= 0.6 is 0 Å². The van der Waals surface area contributed by atoms with Crippen LogP contribution in [0.5, 0.6) is 0 Å². The number of hydrogen-bond donors (Lipinski definition) is 2. The van der Waals surface area contributed by atoms with E-state index in [2.05, 4.69) is 65.8 Å². The molecule has 0 fully saturated rings. The highest BCUT2D eigenvalue weighted by atomic mass is 16.5. The van der Waals surface area contributed by atoms with Crippen molar-refractivity contribution in [1.82, 2.24) is 20.4 Å². The highest BCUT2D eigenvalue weighted by Gasteiger charge is 2.10. The second kappa shape index (κ2) is 9.97. The summed E-state index contributed by atoms with van der Waals surface area (Å²) < 4.78 is 7.78. The van der Waals surface area contributed by atoms with Crippen LogP contribution in [0.15, 0.2) is 47.7 Å². The van der Waals surface area contributed by atoms with Crippen molar-refractivity contribution in [3.8, 4) is 0 Å². The number of aromatic nitrogens is 2. The maximum Gasteiger partial charge on any atom is 0.191 e. The number of ether oxygens (including phenoxy) is 1. The van der Waals surface area contributed by atoms with Gasteiger partial charge in [-0.2, -0.15) is 5.10 Å². The van der Waals surface area contributed by atoms with Crippen molar-refractivity contribution < 1.29 is 4.74 Å². The van der Waals surface area contributed by atoms with E-state index < -0.39 is 0 Å². The van der Waals surface area contributed by atoms with E-state index in [4.69, 9.17) is 4.74 Å². The molecule has 26 heavy (non-hydrogen) atoms. The summed E-state index contributed by atoms with van der Waals surface area (Å²) in [5.41, 5.74) is 2.26. The van der Waals surface area contributed by atoms with Crippen molar-refractivity contribution in [3.05, 3.63) is 53.9 Å². The molecule has 2 N–H and O–H groups in total. The monoisotopic (exact) mass is 357 g/mol. The Kier molecular flexibility index (Phi) is 7.66. The van der Waals surface area contributed by atoms with Crippen LogP contribution in [0, 0.1) is 0 Å². The van der Waals surface area contributed by atoms with E-state index in [0.29, 0.717) is 6.61 Å². The molecule has 0 spiro atoms. The SMILES string of the molecule is CN=C(NCCCn1cccn1)NCc1cccc(COC(C)(C)C)c1. The van der Waals surface area contributed by atoms with Crippen LogP contribution in [0.3, 0.4) is 0 Å². The van der Waals surface area contributed by atoms with Gasteiger partial charge < -0.3 is 15.4 Å². The molecule has 0 saturated carbocycles. The van der Waals surface area contributed by atoms with Crippen molar-refractivity contribution in [2.75, 3.05) is 13.6 Å². The average Bonchev–Trinajstić information content (AvgIpc) is 3.12. The van der Waals surface area contributed by atoms with Crippen LogP contribution in [-0.2, 0) is 24.4 Å². The van der Waals surface area contributed by atoms with Gasteiger partial charge in [-0.05, 0) is 44.4 Å². The lowest BCUT2D eigenvalue weighted by atomic mass is 10.1. The molecule has 6 nitrogen and oxygen atoms in total. The number of nitrogens with zero attached hydrogens (tertiary/aromatic N) is 3. The predicted molar refractivity (Wildman–Crippen MR) is 106 cm³/mol. The maximum atomic E-state index is 5.85. The number of benzene rings is 1. The fourth-order valence-electron chi connectivity index (χ4n) is 2.42. The topological polar surface area (TPSA) is 63.5 Å². The normalized spacial score (nSPS) is 12.2. The Bertz CT molecular complexity index is 674. The summed E-state index contributed by atoms with van der Waals surface area (Å²) in [6, 6.07) is 10.4. The van der Waals surface area contributed by atoms with Gasteiger partial charge in [0.1, 0.15) is 0 Å². The Morgan fingerprint density at radius 1 is 1.19 bits per heavy atom. The third-order valence-corrected chi connectivity index (χ3v) is 3.76. The molecule has 0 unspecified atom stereocenters. The molecule has 2 rings (SSSR count). The molecule has 0 radical (unpaired) electrons. The first-order valence-electron chi connectivity index (χ1n) is 9.10. The molecule has 1 aromatic carbocycles. The summed E-state index contributed by atoms with van der Waals surface area (Å²) in [6.07, 6.45) is 4.76. The first-order chi connectivity index (χ1) is 12.5. The number of aliphatic imine (C=N–C) groups is 1. The zero-order valence-corrected chi connectivity index (χ0v) is 16.3. The highest BCUT2D eigenvalue weighted by Crippen LogP contribution is 2.13. The van der Waals surface area contributed by atoms with Gasteiger partial charge in [-0.3, -0.25) is 9.67 Å². The zero-order valence-electron chi connectivity index (χ0n) is 16.3. The molecule has 0 aliphatic heterocycles. The van der Waals surface area contributed by atoms with Crippen LogP contribution in [0.4, 0.5) is 0 Å². The highest BCUT2D eigenvalue weighted by molar-refractivity contribution is 5.79. The van der Waals surface area contributed by atoms with Gasteiger partial charge in [0.15, 0.2) is 5.96 Å². The van der Waals surface area contributed by atoms with Crippen LogP contribution in [0.1, 0.15) is 38.3 Å². The van der Waals surface area contributed by atoms with E-state index in [1.807, 2.05) is 16.9 Å². The molecule has 6 heteroatoms. The van der Waals surface area contributed by atoms with Gasteiger partial charge in [0.2, 0.25) is 0 Å². The van der Waals surface area contributed by atoms with Gasteiger partial charge >= 0.3 is 0 Å². The number of rotatable bonds is 8. The van der Waals surface area contributed by atoms with Crippen molar-refractivity contribution in [3.63, 3.8) is 0 Å². The van der Waals surface area contributed by atoms with Gasteiger partial charge in [-0.25, -0.2) is 0 Å². The van der Waals surface area contributed by atoms with E-state index in [1.54, 1.807) is 13.2 Å². The zero-order chi connectivity index (χ0) is 18.8. The summed E-state index contributed by atoms with van der Waals surface area (Å²) in [6.45, 7) is 9.30. The second-order valence-corrected chi connectivity index (χ2v) is 7.20.